The second-order valence-corrected chi connectivity index (χ2v) is 3.17. The van der Waals surface area contributed by atoms with Crippen molar-refractivity contribution < 1.29 is 0 Å². The van der Waals surface area contributed by atoms with Crippen molar-refractivity contribution in [2.24, 2.45) is 10.2 Å². The lowest BCUT2D eigenvalue weighted by atomic mass is 10.2. The van der Waals surface area contributed by atoms with E-state index in [0.29, 0.717) is 0 Å². The molecular weight excluding hydrogens is 196 g/mol. The van der Waals surface area contributed by atoms with Crippen LogP contribution in [0.5, 0.6) is 0 Å². The number of rotatable bonds is 5. The molecule has 16 heavy (non-hydrogen) atoms. The van der Waals surface area contributed by atoms with Gasteiger partial charge in [0.1, 0.15) is 0 Å². The van der Waals surface area contributed by atoms with E-state index in [1.54, 1.807) is 0 Å². The van der Waals surface area contributed by atoms with E-state index in [9.17, 15) is 0 Å². The van der Waals surface area contributed by atoms with Crippen LogP contribution in [0.1, 0.15) is 83.1 Å². The quantitative estimate of drug-likeness (QED) is 0.412. The smallest absolute Gasteiger partial charge is 0.0374 e. The van der Waals surface area contributed by atoms with Crippen molar-refractivity contribution in [3.8, 4) is 0 Å². The van der Waals surface area contributed by atoms with Gasteiger partial charge in [-0.15, -0.1) is 0 Å². The fourth-order valence-corrected chi connectivity index (χ4v) is 0.994. The zero-order valence-electron chi connectivity index (χ0n) is 8.72. The zero-order valence-corrected chi connectivity index (χ0v) is 8.72. The molecule has 0 N–H and O–H groups in total. The van der Waals surface area contributed by atoms with Gasteiger partial charge in [0.2, 0.25) is 0 Å². The average Bonchev–Trinajstić information content (AvgIpc) is 2.02. The lowest BCUT2D eigenvalue weighted by molar-refractivity contribution is 0.960. The third-order valence-corrected chi connectivity index (χ3v) is 1.62. The summed E-state index contributed by atoms with van der Waals surface area (Å²) in [7, 11) is 0. The summed E-state index contributed by atoms with van der Waals surface area (Å²) in [6, 6.07) is 0. The van der Waals surface area contributed by atoms with E-state index in [2.05, 4.69) is 24.1 Å². The minimum atomic E-state index is 0. The Morgan fingerprint density at radius 3 is 1.12 bits per heavy atom. The molecule has 0 aromatic carbocycles. The zero-order chi connectivity index (χ0) is 9.40. The van der Waals surface area contributed by atoms with Gasteiger partial charge in [-0.05, 0) is 26.7 Å². The minimum absolute atomic E-state index is 0. The van der Waals surface area contributed by atoms with Crippen LogP contribution in [-0.2, 0) is 0 Å². The Morgan fingerprint density at radius 2 is 0.938 bits per heavy atom. The first-order valence-electron chi connectivity index (χ1n) is 4.77. The van der Waals surface area contributed by atoms with Gasteiger partial charge in [0, 0.05) is 11.4 Å². The van der Waals surface area contributed by atoms with E-state index in [0.717, 1.165) is 37.1 Å². The van der Waals surface area contributed by atoms with Crippen molar-refractivity contribution in [3.63, 3.8) is 0 Å². The van der Waals surface area contributed by atoms with Crippen LogP contribution in [-0.4, -0.2) is 11.4 Å². The van der Waals surface area contributed by atoms with E-state index in [1.807, 2.05) is 13.8 Å². The van der Waals surface area contributed by atoms with Crippen LogP contribution in [0.2, 0.25) is 0 Å². The standard InChI is InChI=1S/C10H20N2.4CH4/c1-5-7-9(3)11-12-10(4)8-6-2;;;;/h5-8H2,1-4H3;4*1H4/b11-9+,12-10+;;;;. The fraction of sp³-hybridized carbons (Fsp3) is 0.857. The highest BCUT2D eigenvalue weighted by molar-refractivity contribution is 5.85. The molecule has 0 aliphatic heterocycles. The van der Waals surface area contributed by atoms with Crippen LogP contribution in [0.25, 0.3) is 0 Å². The molecule has 0 spiro atoms. The van der Waals surface area contributed by atoms with Crippen molar-refractivity contribution in [2.45, 2.75) is 83.1 Å². The van der Waals surface area contributed by atoms with Gasteiger partial charge in [-0.3, -0.25) is 0 Å². The van der Waals surface area contributed by atoms with Gasteiger partial charge in [0.05, 0.1) is 0 Å². The molecule has 102 valence electrons. The van der Waals surface area contributed by atoms with Gasteiger partial charge in [-0.25, -0.2) is 0 Å². The Labute approximate surface area is 105 Å². The van der Waals surface area contributed by atoms with Gasteiger partial charge in [0.25, 0.3) is 0 Å². The molecule has 0 radical (unpaired) electrons. The molecule has 0 aromatic heterocycles. The van der Waals surface area contributed by atoms with Crippen LogP contribution in [0.3, 0.4) is 0 Å². The maximum atomic E-state index is 4.14. The van der Waals surface area contributed by atoms with Gasteiger partial charge in [0.15, 0.2) is 0 Å². The summed E-state index contributed by atoms with van der Waals surface area (Å²) in [6.07, 6.45) is 4.42. The SMILES string of the molecule is C.C.C.C.CCC/C(C)=N/N=C(\C)CCC. The molecule has 2 nitrogen and oxygen atoms in total. The lowest BCUT2D eigenvalue weighted by Crippen LogP contribution is -1.92. The summed E-state index contributed by atoms with van der Waals surface area (Å²) in [6.45, 7) is 8.38. The summed E-state index contributed by atoms with van der Waals surface area (Å²) < 4.78 is 0. The predicted molar refractivity (Wildman–Crippen MR) is 83.0 cm³/mol. The predicted octanol–water partition coefficient (Wildman–Crippen LogP) is 5.97. The van der Waals surface area contributed by atoms with E-state index in [4.69, 9.17) is 0 Å². The van der Waals surface area contributed by atoms with Crippen molar-refractivity contribution in [3.05, 3.63) is 0 Å². The van der Waals surface area contributed by atoms with Gasteiger partial charge in [-0.1, -0.05) is 56.4 Å². The molecule has 0 fully saturated rings. The van der Waals surface area contributed by atoms with Crippen molar-refractivity contribution >= 4 is 11.4 Å². The van der Waals surface area contributed by atoms with Gasteiger partial charge in [-0.2, -0.15) is 10.2 Å². The molecule has 0 saturated carbocycles. The summed E-state index contributed by atoms with van der Waals surface area (Å²) in [5.74, 6) is 0. The van der Waals surface area contributed by atoms with Crippen LogP contribution < -0.4 is 0 Å². The molecule has 0 aromatic rings. The molecule has 0 atom stereocenters. The summed E-state index contributed by atoms with van der Waals surface area (Å²) in [4.78, 5) is 0. The van der Waals surface area contributed by atoms with E-state index < -0.39 is 0 Å². The molecule has 2 heteroatoms. The molecule has 0 aliphatic rings. The Balaban J connectivity index is -0.000000101. The Hall–Kier alpha value is -0.660. The van der Waals surface area contributed by atoms with Crippen molar-refractivity contribution in [1.29, 1.82) is 0 Å². The first-order chi connectivity index (χ1) is 5.70. The highest BCUT2D eigenvalue weighted by Gasteiger charge is 1.89. The third-order valence-electron chi connectivity index (χ3n) is 1.62. The molecule has 0 rings (SSSR count). The normalized spacial score (nSPS) is 10.2. The lowest BCUT2D eigenvalue weighted by Gasteiger charge is -1.95. The Bertz CT molecular complexity index is 150. The minimum Gasteiger partial charge on any atom is -0.161 e. The molecule has 0 amide bonds. The highest BCUT2D eigenvalue weighted by atomic mass is 15.2. The van der Waals surface area contributed by atoms with Crippen molar-refractivity contribution in [2.75, 3.05) is 0 Å². The topological polar surface area (TPSA) is 24.7 Å². The Morgan fingerprint density at radius 1 is 0.688 bits per heavy atom. The molecule has 0 bridgehead atoms. The highest BCUT2D eigenvalue weighted by Crippen LogP contribution is 1.95. The summed E-state index contributed by atoms with van der Waals surface area (Å²) in [5.41, 5.74) is 2.26. The van der Waals surface area contributed by atoms with Crippen molar-refractivity contribution in [1.82, 2.24) is 0 Å². The molecule has 0 unspecified atom stereocenters. The average molecular weight is 232 g/mol. The number of hydrogen-bond donors (Lipinski definition) is 0. The Kier molecular flexibility index (Phi) is 36.6. The molecule has 0 saturated heterocycles. The van der Waals surface area contributed by atoms with Crippen LogP contribution in [0.15, 0.2) is 10.2 Å². The first-order valence-corrected chi connectivity index (χ1v) is 4.77. The summed E-state index contributed by atoms with van der Waals surface area (Å²) in [5, 5.41) is 8.27. The maximum Gasteiger partial charge on any atom is 0.0374 e. The number of nitrogens with zero attached hydrogens (tertiary/aromatic N) is 2. The second kappa shape index (κ2) is 19.8. The second-order valence-electron chi connectivity index (χ2n) is 3.17. The van der Waals surface area contributed by atoms with Crippen LogP contribution in [0, 0.1) is 0 Å². The molecule has 0 aliphatic carbocycles. The number of hydrogen-bond acceptors (Lipinski definition) is 2. The van der Waals surface area contributed by atoms with E-state index >= 15 is 0 Å². The first kappa shape index (κ1) is 29.5. The molecular formula is C14H36N2. The van der Waals surface area contributed by atoms with E-state index in [-0.39, 0.29) is 29.7 Å². The monoisotopic (exact) mass is 232 g/mol. The maximum absolute atomic E-state index is 4.14. The van der Waals surface area contributed by atoms with Gasteiger partial charge >= 0.3 is 0 Å². The third kappa shape index (κ3) is 19.0. The van der Waals surface area contributed by atoms with E-state index in [1.165, 1.54) is 0 Å². The molecule has 0 heterocycles. The van der Waals surface area contributed by atoms with Crippen LogP contribution in [0.4, 0.5) is 0 Å². The summed E-state index contributed by atoms with van der Waals surface area (Å²) >= 11 is 0. The fourth-order valence-electron chi connectivity index (χ4n) is 0.994. The van der Waals surface area contributed by atoms with Crippen LogP contribution >= 0.6 is 0 Å². The largest absolute Gasteiger partial charge is 0.161 e. The van der Waals surface area contributed by atoms with Gasteiger partial charge < -0.3 is 0 Å².